The highest BCUT2D eigenvalue weighted by molar-refractivity contribution is 9.10. The van der Waals surface area contributed by atoms with Gasteiger partial charge in [0.2, 0.25) is 0 Å². The van der Waals surface area contributed by atoms with E-state index in [0.29, 0.717) is 114 Å². The molecule has 1 aromatic carbocycles. The predicted octanol–water partition coefficient (Wildman–Crippen LogP) is 1.76. The summed E-state index contributed by atoms with van der Waals surface area (Å²) >= 11 is 3.33. The number of rotatable bonds is 1. The first-order chi connectivity index (χ1) is 16.6. The zero-order valence-electron chi connectivity index (χ0n) is 19.3. The SMILES string of the molecule is O=C1C=C(N2CCOCCOCCOCCOCCOCCOCC2)c2cc(=O)cc(Br)cc21. The number of nitrogens with zero attached hydrogens (tertiary/aromatic N) is 1. The van der Waals surface area contributed by atoms with E-state index in [1.807, 2.05) is 4.90 Å². The quantitative estimate of drug-likeness (QED) is 0.527. The number of carbonyl (C=O) groups is 1. The van der Waals surface area contributed by atoms with Crippen LogP contribution in [0.15, 0.2) is 33.5 Å². The molecule has 9 nitrogen and oxygen atoms in total. The van der Waals surface area contributed by atoms with E-state index in [1.54, 1.807) is 12.1 Å². The van der Waals surface area contributed by atoms with Crippen molar-refractivity contribution in [3.63, 3.8) is 0 Å². The lowest BCUT2D eigenvalue weighted by Crippen LogP contribution is -2.30. The molecular formula is C24H32BrNO8. The lowest BCUT2D eigenvalue weighted by Gasteiger charge is -2.26. The molecule has 0 bridgehead atoms. The first-order valence-electron chi connectivity index (χ1n) is 11.5. The lowest BCUT2D eigenvalue weighted by atomic mass is 10.1. The van der Waals surface area contributed by atoms with Crippen LogP contribution in [0.4, 0.5) is 0 Å². The van der Waals surface area contributed by atoms with Crippen LogP contribution in [-0.2, 0) is 28.4 Å². The van der Waals surface area contributed by atoms with Gasteiger partial charge >= 0.3 is 0 Å². The third-order valence-electron chi connectivity index (χ3n) is 5.16. The Balaban J connectivity index is 1.62. The predicted molar refractivity (Wildman–Crippen MR) is 129 cm³/mol. The minimum Gasteiger partial charge on any atom is -0.377 e. The number of hydrogen-bond donors (Lipinski definition) is 0. The average Bonchev–Trinajstić information content (AvgIpc) is 3.00. The summed E-state index contributed by atoms with van der Waals surface area (Å²) < 4.78 is 34.0. The summed E-state index contributed by atoms with van der Waals surface area (Å²) in [5.41, 5.74) is 1.65. The molecule has 0 aromatic heterocycles. The smallest absolute Gasteiger partial charge is 0.188 e. The van der Waals surface area contributed by atoms with Gasteiger partial charge < -0.3 is 33.3 Å². The van der Waals surface area contributed by atoms with Gasteiger partial charge in [0.25, 0.3) is 0 Å². The highest BCUT2D eigenvalue weighted by Crippen LogP contribution is 2.30. The zero-order valence-corrected chi connectivity index (χ0v) is 20.9. The number of fused-ring (bicyclic) bond motifs is 1. The minimum absolute atomic E-state index is 0.128. The Morgan fingerprint density at radius 1 is 0.588 bits per heavy atom. The Labute approximate surface area is 208 Å². The fourth-order valence-corrected chi connectivity index (χ4v) is 3.97. The molecule has 1 fully saturated rings. The number of carbonyl (C=O) groups excluding carboxylic acids is 1. The Bertz CT molecular complexity index is 856. The second-order valence-electron chi connectivity index (χ2n) is 7.60. The largest absolute Gasteiger partial charge is 0.377 e. The van der Waals surface area contributed by atoms with E-state index in [4.69, 9.17) is 28.4 Å². The second kappa shape index (κ2) is 15.4. The number of ketones is 1. The number of ether oxygens (including phenoxy) is 6. The summed E-state index contributed by atoms with van der Waals surface area (Å²) in [6.07, 6.45) is 1.57. The maximum absolute atomic E-state index is 12.6. The Morgan fingerprint density at radius 3 is 1.50 bits per heavy atom. The van der Waals surface area contributed by atoms with E-state index in [2.05, 4.69) is 15.9 Å². The fraction of sp³-hybridized carbons (Fsp3) is 0.583. The van der Waals surface area contributed by atoms with Crippen molar-refractivity contribution in [2.24, 2.45) is 0 Å². The van der Waals surface area contributed by atoms with Gasteiger partial charge in [0.05, 0.1) is 79.3 Å². The van der Waals surface area contributed by atoms with Crippen LogP contribution in [0.1, 0.15) is 15.9 Å². The summed E-state index contributed by atoms with van der Waals surface area (Å²) in [6.45, 7) is 6.80. The van der Waals surface area contributed by atoms with Gasteiger partial charge in [-0.25, -0.2) is 0 Å². The lowest BCUT2D eigenvalue weighted by molar-refractivity contribution is -0.0152. The molecule has 0 N–H and O–H groups in total. The molecule has 0 saturated carbocycles. The number of allylic oxidation sites excluding steroid dienone is 1. The van der Waals surface area contributed by atoms with Gasteiger partial charge in [-0.2, -0.15) is 0 Å². The molecule has 1 heterocycles. The van der Waals surface area contributed by atoms with Gasteiger partial charge in [0.15, 0.2) is 11.2 Å². The molecule has 34 heavy (non-hydrogen) atoms. The summed E-state index contributed by atoms with van der Waals surface area (Å²) in [5, 5.41) is 0. The van der Waals surface area contributed by atoms with Crippen LogP contribution in [0.2, 0.25) is 0 Å². The van der Waals surface area contributed by atoms with Crippen LogP contribution >= 0.6 is 15.9 Å². The van der Waals surface area contributed by atoms with Crippen LogP contribution < -0.4 is 5.43 Å². The van der Waals surface area contributed by atoms with Crippen LogP contribution in [0.5, 0.6) is 0 Å². The minimum atomic E-state index is -0.174. The van der Waals surface area contributed by atoms with Crippen LogP contribution in [-0.4, -0.2) is 103 Å². The van der Waals surface area contributed by atoms with Crippen molar-refractivity contribution in [1.82, 2.24) is 4.90 Å². The van der Waals surface area contributed by atoms with E-state index < -0.39 is 0 Å². The van der Waals surface area contributed by atoms with Gasteiger partial charge in [-0.1, -0.05) is 15.9 Å². The van der Waals surface area contributed by atoms with Gasteiger partial charge in [-0.05, 0) is 18.2 Å². The van der Waals surface area contributed by atoms with Crippen molar-refractivity contribution in [1.29, 1.82) is 0 Å². The molecule has 1 aromatic rings. The average molecular weight is 542 g/mol. The van der Waals surface area contributed by atoms with Crippen molar-refractivity contribution in [2.75, 3.05) is 92.4 Å². The van der Waals surface area contributed by atoms with Crippen molar-refractivity contribution >= 4 is 27.4 Å². The van der Waals surface area contributed by atoms with Gasteiger partial charge in [-0.15, -0.1) is 0 Å². The van der Waals surface area contributed by atoms with E-state index in [9.17, 15) is 9.59 Å². The highest BCUT2D eigenvalue weighted by Gasteiger charge is 2.25. The third-order valence-corrected chi connectivity index (χ3v) is 5.62. The van der Waals surface area contributed by atoms with E-state index in [0.717, 1.165) is 0 Å². The molecule has 0 amide bonds. The topological polar surface area (TPSA) is 92.8 Å². The monoisotopic (exact) mass is 541 g/mol. The maximum atomic E-state index is 12.6. The number of halogens is 1. The van der Waals surface area contributed by atoms with Crippen molar-refractivity contribution in [2.45, 2.75) is 0 Å². The molecule has 0 unspecified atom stereocenters. The van der Waals surface area contributed by atoms with E-state index in [-0.39, 0.29) is 11.2 Å². The van der Waals surface area contributed by atoms with Crippen molar-refractivity contribution in [3.8, 4) is 0 Å². The first kappa shape index (κ1) is 26.9. The molecule has 10 heteroatoms. The standard InChI is InChI=1S/C24H32BrNO8/c25-19-15-20(27)17-21-22(16-19)24(28)18-23(21)26-1-3-29-5-7-31-9-11-33-13-14-34-12-10-32-8-6-30-4-2-26/h15-18H,1-14H2. The van der Waals surface area contributed by atoms with Crippen LogP contribution in [0.3, 0.4) is 0 Å². The van der Waals surface area contributed by atoms with Gasteiger partial charge in [0.1, 0.15) is 0 Å². The van der Waals surface area contributed by atoms with Gasteiger partial charge in [0, 0.05) is 40.5 Å². The molecule has 3 rings (SSSR count). The third kappa shape index (κ3) is 9.18. The summed E-state index contributed by atoms with van der Waals surface area (Å²) in [4.78, 5) is 26.9. The second-order valence-corrected chi connectivity index (χ2v) is 8.52. The Hall–Kier alpha value is -1.66. The number of hydrogen-bond acceptors (Lipinski definition) is 9. The molecule has 1 saturated heterocycles. The van der Waals surface area contributed by atoms with E-state index in [1.165, 1.54) is 12.1 Å². The van der Waals surface area contributed by atoms with Crippen LogP contribution in [0, 0.1) is 0 Å². The summed E-state index contributed by atoms with van der Waals surface area (Å²) in [5.74, 6) is -0.128. The molecule has 188 valence electrons. The molecule has 0 spiro atoms. The van der Waals surface area contributed by atoms with E-state index >= 15 is 0 Å². The molecule has 0 radical (unpaired) electrons. The summed E-state index contributed by atoms with van der Waals surface area (Å²) in [7, 11) is 0. The van der Waals surface area contributed by atoms with Crippen LogP contribution in [0.25, 0.3) is 5.70 Å². The fourth-order valence-electron chi connectivity index (χ4n) is 3.52. The normalized spacial score (nSPS) is 20.8. The first-order valence-corrected chi connectivity index (χ1v) is 12.3. The summed E-state index contributed by atoms with van der Waals surface area (Å²) in [6, 6.07) is 4.65. The molecule has 0 atom stereocenters. The van der Waals surface area contributed by atoms with Crippen molar-refractivity contribution in [3.05, 3.63) is 50.1 Å². The maximum Gasteiger partial charge on any atom is 0.188 e. The Morgan fingerprint density at radius 2 is 1.03 bits per heavy atom. The van der Waals surface area contributed by atoms with Gasteiger partial charge in [-0.3, -0.25) is 9.59 Å². The Kier molecular flexibility index (Phi) is 12.2. The van der Waals surface area contributed by atoms with Crippen molar-refractivity contribution < 1.29 is 33.2 Å². The molecular weight excluding hydrogens is 510 g/mol. The molecule has 1 aliphatic heterocycles. The highest BCUT2D eigenvalue weighted by atomic mass is 79.9. The zero-order chi connectivity index (χ0) is 24.0. The molecule has 2 aliphatic rings. The molecule has 1 aliphatic carbocycles.